The summed E-state index contributed by atoms with van der Waals surface area (Å²) in [6.07, 6.45) is 0.444. The lowest BCUT2D eigenvalue weighted by Crippen LogP contribution is -2.18. The monoisotopic (exact) mass is 259 g/mol. The number of allylic oxidation sites excluding steroid dienone is 1. The molecule has 5 nitrogen and oxygen atoms in total. The summed E-state index contributed by atoms with van der Waals surface area (Å²) in [5, 5.41) is 19.2. The average molecular weight is 259 g/mol. The molecule has 0 radical (unpaired) electrons. The molecule has 19 heavy (non-hydrogen) atoms. The van der Waals surface area contributed by atoms with Crippen LogP contribution in [0.4, 0.5) is 0 Å². The van der Waals surface area contributed by atoms with Gasteiger partial charge in [0.25, 0.3) is 0 Å². The summed E-state index contributed by atoms with van der Waals surface area (Å²) < 4.78 is 5.47. The molecule has 0 aliphatic carbocycles. The maximum absolute atomic E-state index is 10.2. The Morgan fingerprint density at radius 1 is 1.53 bits per heavy atom. The first kappa shape index (κ1) is 13.2. The van der Waals surface area contributed by atoms with Gasteiger partial charge >= 0.3 is 0 Å². The van der Waals surface area contributed by atoms with Crippen molar-refractivity contribution in [3.63, 3.8) is 0 Å². The third kappa shape index (κ3) is 2.35. The summed E-state index contributed by atoms with van der Waals surface area (Å²) in [6.45, 7) is 2.42. The van der Waals surface area contributed by atoms with Gasteiger partial charge in [0.05, 0.1) is 5.57 Å². The number of rotatable bonds is 2. The van der Waals surface area contributed by atoms with E-state index in [4.69, 9.17) is 15.7 Å². The van der Waals surface area contributed by atoms with Crippen LogP contribution in [0.1, 0.15) is 16.7 Å². The first-order valence-electron chi connectivity index (χ1n) is 5.99. The summed E-state index contributed by atoms with van der Waals surface area (Å²) in [7, 11) is 3.87. The van der Waals surface area contributed by atoms with Crippen LogP contribution in [0.25, 0.3) is 0 Å². The van der Waals surface area contributed by atoms with Gasteiger partial charge in [0, 0.05) is 29.7 Å². The number of phenols is 1. The van der Waals surface area contributed by atoms with Crippen LogP contribution in [0, 0.1) is 18.3 Å². The molecule has 0 fully saturated rings. The zero-order valence-corrected chi connectivity index (χ0v) is 11.3. The van der Waals surface area contributed by atoms with E-state index in [0.29, 0.717) is 29.9 Å². The van der Waals surface area contributed by atoms with Crippen molar-refractivity contribution >= 4 is 0 Å². The number of hydrogen-bond donors (Lipinski definition) is 2. The van der Waals surface area contributed by atoms with Crippen molar-refractivity contribution in [1.29, 1.82) is 5.26 Å². The first-order chi connectivity index (χ1) is 8.93. The summed E-state index contributed by atoms with van der Waals surface area (Å²) in [5.74, 6) is 0.912. The van der Waals surface area contributed by atoms with Crippen LogP contribution in [0.5, 0.6) is 11.5 Å². The molecule has 100 valence electrons. The van der Waals surface area contributed by atoms with Gasteiger partial charge in [-0.05, 0) is 27.1 Å². The minimum Gasteiger partial charge on any atom is -0.507 e. The maximum Gasteiger partial charge on any atom is 0.205 e. The van der Waals surface area contributed by atoms with Crippen LogP contribution in [-0.2, 0) is 13.0 Å². The number of nitriles is 1. The molecule has 5 heteroatoms. The topological polar surface area (TPSA) is 82.5 Å². The Hall–Kier alpha value is -2.19. The number of nitrogens with zero attached hydrogens (tertiary/aromatic N) is 2. The number of hydrogen-bond acceptors (Lipinski definition) is 5. The molecule has 0 spiro atoms. The van der Waals surface area contributed by atoms with Crippen molar-refractivity contribution in [3.8, 4) is 17.6 Å². The van der Waals surface area contributed by atoms with Crippen LogP contribution in [0.3, 0.4) is 0 Å². The lowest BCUT2D eigenvalue weighted by molar-refractivity contribution is 0.371. The minimum absolute atomic E-state index is 0.123. The smallest absolute Gasteiger partial charge is 0.205 e. The van der Waals surface area contributed by atoms with Crippen molar-refractivity contribution in [3.05, 3.63) is 34.2 Å². The summed E-state index contributed by atoms with van der Waals surface area (Å²) >= 11 is 0. The molecule has 0 saturated heterocycles. The van der Waals surface area contributed by atoms with E-state index in [1.165, 1.54) is 0 Å². The zero-order chi connectivity index (χ0) is 14.2. The molecule has 2 rings (SSSR count). The Labute approximate surface area is 112 Å². The minimum atomic E-state index is 0.123. The van der Waals surface area contributed by atoms with E-state index in [2.05, 4.69) is 0 Å². The molecule has 3 N–H and O–H groups in total. The molecule has 1 aromatic carbocycles. The molecule has 0 saturated carbocycles. The lowest BCUT2D eigenvalue weighted by Gasteiger charge is -2.23. The normalized spacial score (nSPS) is 14.1. The van der Waals surface area contributed by atoms with Gasteiger partial charge in [-0.1, -0.05) is 0 Å². The van der Waals surface area contributed by atoms with E-state index in [9.17, 15) is 5.11 Å². The van der Waals surface area contributed by atoms with E-state index < -0.39 is 0 Å². The van der Waals surface area contributed by atoms with Gasteiger partial charge in [0.2, 0.25) is 5.88 Å². The SMILES string of the molecule is Cc1c(O)c(CN(C)C)cc2c1OC(N)=C(C#N)C2. The molecule has 1 aromatic rings. The number of fused-ring (bicyclic) bond motifs is 1. The van der Waals surface area contributed by atoms with Crippen molar-refractivity contribution in [2.24, 2.45) is 5.73 Å². The van der Waals surface area contributed by atoms with Crippen molar-refractivity contribution < 1.29 is 9.84 Å². The number of ether oxygens (including phenoxy) is 1. The predicted octanol–water partition coefficient (Wildman–Crippen LogP) is 1.39. The molecule has 1 aliphatic rings. The second-order valence-corrected chi connectivity index (χ2v) is 4.97. The van der Waals surface area contributed by atoms with Crippen LogP contribution in [0.2, 0.25) is 0 Å². The molecule has 0 aromatic heterocycles. The van der Waals surface area contributed by atoms with Crippen molar-refractivity contribution in [2.75, 3.05) is 14.1 Å². The number of nitrogens with two attached hydrogens (primary N) is 1. The zero-order valence-electron chi connectivity index (χ0n) is 11.3. The fourth-order valence-corrected chi connectivity index (χ4v) is 2.21. The molecule has 1 heterocycles. The molecular weight excluding hydrogens is 242 g/mol. The Balaban J connectivity index is 2.50. The second kappa shape index (κ2) is 4.82. The Morgan fingerprint density at radius 2 is 2.21 bits per heavy atom. The fourth-order valence-electron chi connectivity index (χ4n) is 2.21. The van der Waals surface area contributed by atoms with E-state index in [0.717, 1.165) is 11.1 Å². The Kier molecular flexibility index (Phi) is 3.36. The van der Waals surface area contributed by atoms with Gasteiger partial charge in [-0.3, -0.25) is 0 Å². The molecule has 0 unspecified atom stereocenters. The van der Waals surface area contributed by atoms with Crippen LogP contribution in [0.15, 0.2) is 17.5 Å². The largest absolute Gasteiger partial charge is 0.507 e. The van der Waals surface area contributed by atoms with Gasteiger partial charge < -0.3 is 20.5 Å². The summed E-state index contributed by atoms with van der Waals surface area (Å²) in [5.41, 5.74) is 8.48. The Bertz CT molecular complexity index is 598. The van der Waals surface area contributed by atoms with Gasteiger partial charge in [-0.2, -0.15) is 5.26 Å². The van der Waals surface area contributed by atoms with Crippen molar-refractivity contribution in [1.82, 2.24) is 4.90 Å². The highest BCUT2D eigenvalue weighted by atomic mass is 16.5. The van der Waals surface area contributed by atoms with Crippen molar-refractivity contribution in [2.45, 2.75) is 19.9 Å². The molecule has 0 atom stereocenters. The molecular formula is C14H17N3O2. The first-order valence-corrected chi connectivity index (χ1v) is 5.99. The average Bonchev–Trinajstić information content (AvgIpc) is 2.35. The van der Waals surface area contributed by atoms with Crippen LogP contribution in [-0.4, -0.2) is 24.1 Å². The highest BCUT2D eigenvalue weighted by Crippen LogP contribution is 2.39. The maximum atomic E-state index is 10.2. The molecule has 0 bridgehead atoms. The third-order valence-corrected chi connectivity index (χ3v) is 3.14. The van der Waals surface area contributed by atoms with E-state index in [-0.39, 0.29) is 11.6 Å². The molecule has 1 aliphatic heterocycles. The summed E-state index contributed by atoms with van der Waals surface area (Å²) in [6, 6.07) is 3.92. The standard InChI is InChI=1S/C14H17N3O2/c1-8-12(18)11(7-17(2)3)5-9-4-10(6-15)14(16)19-13(8)9/h5,18H,4,7,16H2,1-3H3. The van der Waals surface area contributed by atoms with Gasteiger partial charge in [-0.25, -0.2) is 0 Å². The fraction of sp³-hybridized carbons (Fsp3) is 0.357. The van der Waals surface area contributed by atoms with E-state index >= 15 is 0 Å². The van der Waals surface area contributed by atoms with E-state index in [1.807, 2.05) is 31.1 Å². The van der Waals surface area contributed by atoms with Crippen LogP contribution < -0.4 is 10.5 Å². The number of aromatic hydroxyl groups is 1. The predicted molar refractivity (Wildman–Crippen MR) is 71.4 cm³/mol. The highest BCUT2D eigenvalue weighted by Gasteiger charge is 2.23. The number of benzene rings is 1. The quantitative estimate of drug-likeness (QED) is 0.838. The molecule has 0 amide bonds. The summed E-state index contributed by atoms with van der Waals surface area (Å²) in [4.78, 5) is 1.97. The number of phenolic OH excluding ortho intramolecular Hbond substituents is 1. The van der Waals surface area contributed by atoms with Crippen LogP contribution >= 0.6 is 0 Å². The van der Waals surface area contributed by atoms with E-state index in [1.54, 1.807) is 6.92 Å². The van der Waals surface area contributed by atoms with Gasteiger partial charge in [-0.15, -0.1) is 0 Å². The highest BCUT2D eigenvalue weighted by molar-refractivity contribution is 5.57. The lowest BCUT2D eigenvalue weighted by atomic mass is 9.96. The Morgan fingerprint density at radius 3 is 2.79 bits per heavy atom. The van der Waals surface area contributed by atoms with Gasteiger partial charge in [0.15, 0.2) is 0 Å². The van der Waals surface area contributed by atoms with Gasteiger partial charge in [0.1, 0.15) is 17.6 Å². The second-order valence-electron chi connectivity index (χ2n) is 4.97. The third-order valence-electron chi connectivity index (χ3n) is 3.14.